The fourth-order valence-electron chi connectivity index (χ4n) is 2.59. The molecule has 25 heavy (non-hydrogen) atoms. The molecule has 0 saturated heterocycles. The van der Waals surface area contributed by atoms with Crippen molar-refractivity contribution in [3.05, 3.63) is 46.8 Å². The number of benzene rings is 1. The van der Waals surface area contributed by atoms with Gasteiger partial charge in [0, 0.05) is 26.7 Å². The van der Waals surface area contributed by atoms with Gasteiger partial charge in [-0.15, -0.1) is 11.3 Å². The molecule has 1 amide bonds. The minimum absolute atomic E-state index is 0.0970. The van der Waals surface area contributed by atoms with E-state index in [4.69, 9.17) is 0 Å². The largest absolute Gasteiger partial charge is 0.354 e. The molecule has 3 aromatic rings. The van der Waals surface area contributed by atoms with Gasteiger partial charge >= 0.3 is 0 Å². The molecular formula is C19H23N3OS2. The van der Waals surface area contributed by atoms with Crippen molar-refractivity contribution in [1.29, 1.82) is 0 Å². The zero-order valence-corrected chi connectivity index (χ0v) is 16.7. The van der Waals surface area contributed by atoms with Crippen molar-refractivity contribution in [2.45, 2.75) is 32.9 Å². The quantitative estimate of drug-likeness (QED) is 0.619. The molecule has 0 fully saturated rings. The standard InChI is InChI=1S/C19H23N3OS2/c1-5-13(2)22(12-14-9-7-6-8-10-14)18(23)16-11-15-17(24-16)20-19(25-15)21(3)4/h6-11,13H,5,12H2,1-4H3. The van der Waals surface area contributed by atoms with E-state index in [9.17, 15) is 4.79 Å². The van der Waals surface area contributed by atoms with Gasteiger partial charge in [0.25, 0.3) is 5.91 Å². The maximum Gasteiger partial charge on any atom is 0.264 e. The van der Waals surface area contributed by atoms with Gasteiger partial charge < -0.3 is 9.80 Å². The van der Waals surface area contributed by atoms with Gasteiger partial charge in [-0.2, -0.15) is 0 Å². The van der Waals surface area contributed by atoms with Crippen LogP contribution in [0.2, 0.25) is 0 Å². The molecule has 1 atom stereocenters. The normalized spacial score (nSPS) is 12.3. The summed E-state index contributed by atoms with van der Waals surface area (Å²) in [7, 11) is 3.97. The van der Waals surface area contributed by atoms with Gasteiger partial charge in [0.1, 0.15) is 4.83 Å². The Morgan fingerprint density at radius 2 is 1.92 bits per heavy atom. The van der Waals surface area contributed by atoms with Crippen molar-refractivity contribution in [2.24, 2.45) is 0 Å². The van der Waals surface area contributed by atoms with Crippen LogP contribution in [-0.4, -0.2) is 35.9 Å². The van der Waals surface area contributed by atoms with Crippen LogP contribution in [0.15, 0.2) is 36.4 Å². The van der Waals surface area contributed by atoms with Crippen molar-refractivity contribution in [2.75, 3.05) is 19.0 Å². The third-order valence-electron chi connectivity index (χ3n) is 4.25. The van der Waals surface area contributed by atoms with Crippen LogP contribution in [0.1, 0.15) is 35.5 Å². The van der Waals surface area contributed by atoms with E-state index in [1.54, 1.807) is 11.3 Å². The second-order valence-corrected chi connectivity index (χ2v) is 8.39. The second kappa shape index (κ2) is 7.54. The van der Waals surface area contributed by atoms with E-state index in [2.05, 4.69) is 31.0 Å². The molecule has 1 unspecified atom stereocenters. The molecule has 0 aliphatic heterocycles. The first-order chi connectivity index (χ1) is 12.0. The third-order valence-corrected chi connectivity index (χ3v) is 6.57. The highest BCUT2D eigenvalue weighted by atomic mass is 32.1. The number of nitrogens with zero attached hydrogens (tertiary/aromatic N) is 3. The Morgan fingerprint density at radius 1 is 1.20 bits per heavy atom. The average Bonchev–Trinajstić information content (AvgIpc) is 3.18. The van der Waals surface area contributed by atoms with Crippen molar-refractivity contribution in [3.8, 4) is 0 Å². The third kappa shape index (κ3) is 3.85. The predicted octanol–water partition coefficient (Wildman–Crippen LogP) is 4.86. The molecule has 0 spiro atoms. The number of thiophene rings is 1. The van der Waals surface area contributed by atoms with Crippen LogP contribution in [0.25, 0.3) is 9.53 Å². The zero-order chi connectivity index (χ0) is 18.0. The maximum absolute atomic E-state index is 13.1. The molecule has 0 N–H and O–H groups in total. The molecule has 4 nitrogen and oxygen atoms in total. The van der Waals surface area contributed by atoms with Crippen molar-refractivity contribution in [3.63, 3.8) is 0 Å². The summed E-state index contributed by atoms with van der Waals surface area (Å²) in [6.07, 6.45) is 0.932. The Bertz CT molecular complexity index is 823. The fourth-order valence-corrected chi connectivity index (χ4v) is 4.68. The summed E-state index contributed by atoms with van der Waals surface area (Å²) >= 11 is 3.12. The number of hydrogen-bond donors (Lipinski definition) is 0. The van der Waals surface area contributed by atoms with Crippen molar-refractivity contribution >= 4 is 43.2 Å². The zero-order valence-electron chi connectivity index (χ0n) is 15.0. The first kappa shape index (κ1) is 17.9. The molecule has 132 valence electrons. The summed E-state index contributed by atoms with van der Waals surface area (Å²) < 4.78 is 1.08. The molecule has 3 rings (SSSR count). The molecule has 2 aromatic heterocycles. The molecule has 2 heterocycles. The Kier molecular flexibility index (Phi) is 5.39. The van der Waals surface area contributed by atoms with E-state index in [0.717, 1.165) is 31.5 Å². The van der Waals surface area contributed by atoms with E-state index < -0.39 is 0 Å². The van der Waals surface area contributed by atoms with Gasteiger partial charge in [-0.25, -0.2) is 4.98 Å². The van der Waals surface area contributed by atoms with E-state index in [-0.39, 0.29) is 11.9 Å². The summed E-state index contributed by atoms with van der Waals surface area (Å²) in [5, 5.41) is 0.975. The molecule has 0 aliphatic rings. The first-order valence-electron chi connectivity index (χ1n) is 8.42. The minimum atomic E-state index is 0.0970. The molecular weight excluding hydrogens is 350 g/mol. The molecule has 0 saturated carbocycles. The first-order valence-corrected chi connectivity index (χ1v) is 10.1. The van der Waals surface area contributed by atoms with Gasteiger partial charge in [-0.1, -0.05) is 48.6 Å². The number of fused-ring (bicyclic) bond motifs is 1. The van der Waals surface area contributed by atoms with Gasteiger partial charge in [0.2, 0.25) is 0 Å². The number of carbonyl (C=O) groups excluding carboxylic acids is 1. The maximum atomic E-state index is 13.1. The lowest BCUT2D eigenvalue weighted by Gasteiger charge is -2.28. The minimum Gasteiger partial charge on any atom is -0.354 e. The monoisotopic (exact) mass is 373 g/mol. The van der Waals surface area contributed by atoms with Crippen LogP contribution < -0.4 is 4.90 Å². The van der Waals surface area contributed by atoms with Crippen LogP contribution in [0.4, 0.5) is 5.13 Å². The Labute approximate surface area is 156 Å². The van der Waals surface area contributed by atoms with E-state index in [0.29, 0.717) is 6.54 Å². The molecule has 0 radical (unpaired) electrons. The number of thiazole rings is 1. The number of carbonyl (C=O) groups is 1. The van der Waals surface area contributed by atoms with Crippen LogP contribution in [-0.2, 0) is 6.54 Å². The van der Waals surface area contributed by atoms with E-state index >= 15 is 0 Å². The highest BCUT2D eigenvalue weighted by molar-refractivity contribution is 7.29. The number of anilines is 1. The Morgan fingerprint density at radius 3 is 2.52 bits per heavy atom. The second-order valence-electron chi connectivity index (χ2n) is 6.35. The van der Waals surface area contributed by atoms with Gasteiger partial charge in [0.15, 0.2) is 5.13 Å². The van der Waals surface area contributed by atoms with Gasteiger partial charge in [0.05, 0.1) is 9.58 Å². The average molecular weight is 374 g/mol. The summed E-state index contributed by atoms with van der Waals surface area (Å²) in [5.74, 6) is 0.0970. The molecule has 0 aliphatic carbocycles. The highest BCUT2D eigenvalue weighted by Gasteiger charge is 2.23. The van der Waals surface area contributed by atoms with Crippen LogP contribution >= 0.6 is 22.7 Å². The summed E-state index contributed by atoms with van der Waals surface area (Å²) in [6, 6.07) is 12.4. The number of hydrogen-bond acceptors (Lipinski definition) is 5. The van der Waals surface area contributed by atoms with Crippen LogP contribution in [0.5, 0.6) is 0 Å². The van der Waals surface area contributed by atoms with Crippen LogP contribution in [0.3, 0.4) is 0 Å². The summed E-state index contributed by atoms with van der Waals surface area (Å²) in [5.41, 5.74) is 1.16. The van der Waals surface area contributed by atoms with Crippen molar-refractivity contribution in [1.82, 2.24) is 9.88 Å². The fraction of sp³-hybridized carbons (Fsp3) is 0.368. The number of rotatable bonds is 6. The smallest absolute Gasteiger partial charge is 0.264 e. The van der Waals surface area contributed by atoms with E-state index in [1.807, 2.05) is 48.2 Å². The lowest BCUT2D eigenvalue weighted by Crippen LogP contribution is -2.37. The van der Waals surface area contributed by atoms with Gasteiger partial charge in [-0.3, -0.25) is 4.79 Å². The predicted molar refractivity (Wildman–Crippen MR) is 108 cm³/mol. The molecule has 6 heteroatoms. The number of aromatic nitrogens is 1. The SMILES string of the molecule is CCC(C)N(Cc1ccccc1)C(=O)c1cc2sc(N(C)C)nc2s1. The molecule has 1 aromatic carbocycles. The lowest BCUT2D eigenvalue weighted by molar-refractivity contribution is 0.0677. The topological polar surface area (TPSA) is 36.4 Å². The van der Waals surface area contributed by atoms with E-state index in [1.165, 1.54) is 11.3 Å². The van der Waals surface area contributed by atoms with Gasteiger partial charge in [-0.05, 0) is 25.0 Å². The van der Waals surface area contributed by atoms with Crippen molar-refractivity contribution < 1.29 is 4.79 Å². The van der Waals surface area contributed by atoms with Crippen LogP contribution in [0, 0.1) is 0 Å². The lowest BCUT2D eigenvalue weighted by atomic mass is 10.1. The Balaban J connectivity index is 1.87. The summed E-state index contributed by atoms with van der Waals surface area (Å²) in [4.78, 5) is 23.4. The number of amides is 1. The highest BCUT2D eigenvalue weighted by Crippen LogP contribution is 2.34. The Hall–Kier alpha value is -1.92. The molecule has 0 bridgehead atoms. The summed E-state index contributed by atoms with van der Waals surface area (Å²) in [6.45, 7) is 4.86.